The quantitative estimate of drug-likeness (QED) is 0.654. The molecular weight excluding hydrogens is 444 g/mol. The molecule has 2 saturated heterocycles. The number of fused-ring (bicyclic) bond motifs is 1. The second kappa shape index (κ2) is 8.03. The van der Waals surface area contributed by atoms with Crippen LogP contribution in [-0.4, -0.2) is 89.4 Å². The van der Waals surface area contributed by atoms with Crippen LogP contribution in [0.3, 0.4) is 0 Å². The van der Waals surface area contributed by atoms with E-state index in [2.05, 4.69) is 33.6 Å². The minimum absolute atomic E-state index is 0.113. The van der Waals surface area contributed by atoms with Crippen molar-refractivity contribution in [2.45, 2.75) is 38.8 Å². The molecule has 2 aromatic heterocycles. The van der Waals surface area contributed by atoms with E-state index < -0.39 is 10.0 Å². The number of rotatable bonds is 5. The topological polar surface area (TPSA) is 131 Å². The van der Waals surface area contributed by atoms with Crippen molar-refractivity contribution >= 4 is 27.7 Å². The average molecular weight is 475 g/mol. The number of sulfonamides is 1. The van der Waals surface area contributed by atoms with E-state index in [1.54, 1.807) is 23.6 Å². The average Bonchev–Trinajstić information content (AvgIpc) is 3.21. The Balaban J connectivity index is 1.56. The lowest BCUT2D eigenvalue weighted by molar-refractivity contribution is 0.0981. The van der Waals surface area contributed by atoms with Gasteiger partial charge in [-0.05, 0) is 27.2 Å². The van der Waals surface area contributed by atoms with Crippen molar-refractivity contribution in [3.05, 3.63) is 18.0 Å². The Morgan fingerprint density at radius 1 is 1.21 bits per heavy atom. The molecule has 12 heteroatoms. The van der Waals surface area contributed by atoms with Crippen LogP contribution in [0, 0.1) is 0 Å². The first-order chi connectivity index (χ1) is 15.7. The summed E-state index contributed by atoms with van der Waals surface area (Å²) in [6, 6.07) is 0.145. The summed E-state index contributed by atoms with van der Waals surface area (Å²) in [5, 5.41) is 0. The fourth-order valence-electron chi connectivity index (χ4n) is 4.88. The van der Waals surface area contributed by atoms with Crippen LogP contribution >= 0.6 is 0 Å². The van der Waals surface area contributed by atoms with Crippen LogP contribution in [0.4, 0.5) is 17.7 Å². The van der Waals surface area contributed by atoms with Crippen molar-refractivity contribution in [3.63, 3.8) is 0 Å². The molecule has 0 aliphatic carbocycles. The van der Waals surface area contributed by atoms with Gasteiger partial charge in [0.25, 0.3) is 0 Å². The molecule has 3 aliphatic rings. The monoisotopic (exact) mass is 474 g/mol. The van der Waals surface area contributed by atoms with Gasteiger partial charge in [-0.2, -0.15) is 9.29 Å². The van der Waals surface area contributed by atoms with Crippen molar-refractivity contribution in [2.75, 3.05) is 60.7 Å². The van der Waals surface area contributed by atoms with Gasteiger partial charge in [0.1, 0.15) is 5.82 Å². The molecule has 0 aromatic carbocycles. The van der Waals surface area contributed by atoms with Gasteiger partial charge < -0.3 is 20.3 Å². The number of anilines is 3. The summed E-state index contributed by atoms with van der Waals surface area (Å²) < 4.78 is 31.8. The molecular formula is C21H30N8O3S. The summed E-state index contributed by atoms with van der Waals surface area (Å²) in [5.74, 6) is 1.83. The normalized spacial score (nSPS) is 22.8. The predicted octanol–water partition coefficient (Wildman–Crippen LogP) is 0.527. The summed E-state index contributed by atoms with van der Waals surface area (Å²) in [4.78, 5) is 22.7. The molecule has 0 amide bonds. The van der Waals surface area contributed by atoms with Crippen LogP contribution in [0.1, 0.15) is 26.3 Å². The molecule has 2 N–H and O–H groups in total. The maximum atomic E-state index is 12.3. The van der Waals surface area contributed by atoms with Gasteiger partial charge in [0.2, 0.25) is 21.9 Å². The highest BCUT2D eigenvalue weighted by molar-refractivity contribution is 7.89. The maximum absolute atomic E-state index is 12.3. The predicted molar refractivity (Wildman–Crippen MR) is 126 cm³/mol. The molecule has 0 spiro atoms. The molecule has 0 unspecified atom stereocenters. The van der Waals surface area contributed by atoms with Crippen LogP contribution in [0.5, 0.6) is 0 Å². The summed E-state index contributed by atoms with van der Waals surface area (Å²) in [6.45, 7) is 9.49. The van der Waals surface area contributed by atoms with E-state index in [1.165, 1.54) is 0 Å². The SMILES string of the molecule is CCS(=O)(=O)N1CC(C)(N2CCc3c(-c4cnc(N)nc4)nc(N4CCOC[C@@H]4C)nc32)C1. The number of ether oxygens (including phenoxy) is 1. The van der Waals surface area contributed by atoms with E-state index >= 15 is 0 Å². The number of nitrogens with zero attached hydrogens (tertiary/aromatic N) is 7. The molecule has 2 aromatic rings. The Morgan fingerprint density at radius 2 is 1.94 bits per heavy atom. The van der Waals surface area contributed by atoms with Crippen molar-refractivity contribution in [1.29, 1.82) is 0 Å². The zero-order valence-electron chi connectivity index (χ0n) is 19.2. The van der Waals surface area contributed by atoms with Crippen molar-refractivity contribution < 1.29 is 13.2 Å². The molecule has 0 radical (unpaired) electrons. The third-order valence-electron chi connectivity index (χ3n) is 6.83. The Bertz CT molecular complexity index is 1150. The van der Waals surface area contributed by atoms with Crippen LogP contribution in [0.25, 0.3) is 11.3 Å². The first-order valence-electron chi connectivity index (χ1n) is 11.3. The molecule has 5 heterocycles. The summed E-state index contributed by atoms with van der Waals surface area (Å²) >= 11 is 0. The number of morpholine rings is 1. The molecule has 33 heavy (non-hydrogen) atoms. The molecule has 5 rings (SSSR count). The third kappa shape index (κ3) is 3.79. The smallest absolute Gasteiger partial charge is 0.228 e. The van der Waals surface area contributed by atoms with E-state index in [4.69, 9.17) is 20.4 Å². The van der Waals surface area contributed by atoms with Gasteiger partial charge in [-0.25, -0.2) is 23.4 Å². The molecule has 11 nitrogen and oxygen atoms in total. The fourth-order valence-corrected chi connectivity index (χ4v) is 6.20. The summed E-state index contributed by atoms with van der Waals surface area (Å²) in [5.41, 5.74) is 8.02. The highest BCUT2D eigenvalue weighted by Gasteiger charge is 2.50. The first kappa shape index (κ1) is 22.2. The second-order valence-corrected chi connectivity index (χ2v) is 11.4. The summed E-state index contributed by atoms with van der Waals surface area (Å²) in [7, 11) is -3.20. The number of nitrogen functional groups attached to an aromatic ring is 1. The molecule has 0 saturated carbocycles. The minimum atomic E-state index is -3.20. The zero-order valence-corrected chi connectivity index (χ0v) is 20.0. The van der Waals surface area contributed by atoms with Gasteiger partial charge in [0, 0.05) is 49.7 Å². The van der Waals surface area contributed by atoms with Crippen LogP contribution in [0.15, 0.2) is 12.4 Å². The largest absolute Gasteiger partial charge is 0.377 e. The lowest BCUT2D eigenvalue weighted by Gasteiger charge is -2.52. The Kier molecular flexibility index (Phi) is 5.41. The van der Waals surface area contributed by atoms with Gasteiger partial charge >= 0.3 is 0 Å². The second-order valence-electron chi connectivity index (χ2n) is 9.19. The van der Waals surface area contributed by atoms with Gasteiger partial charge in [0.05, 0.1) is 36.2 Å². The van der Waals surface area contributed by atoms with E-state index in [1.807, 2.05) is 0 Å². The van der Waals surface area contributed by atoms with Crippen LogP contribution in [0.2, 0.25) is 0 Å². The number of aromatic nitrogens is 4. The lowest BCUT2D eigenvalue weighted by Crippen LogP contribution is -2.69. The zero-order chi connectivity index (χ0) is 23.4. The van der Waals surface area contributed by atoms with Crippen LogP contribution < -0.4 is 15.5 Å². The van der Waals surface area contributed by atoms with Gasteiger partial charge in [-0.3, -0.25) is 0 Å². The standard InChI is InChI=1S/C21H30N8O3S/c1-4-33(30,31)27-12-21(3,13-27)29-6-5-16-17(15-9-23-19(22)24-10-15)25-20(26-18(16)29)28-7-8-32-11-14(28)2/h9-10,14H,4-8,11-13H2,1-3H3,(H2,22,23,24)/t14-/m0/s1. The molecule has 2 fully saturated rings. The number of hydrogen-bond donors (Lipinski definition) is 1. The first-order valence-corrected chi connectivity index (χ1v) is 12.9. The maximum Gasteiger partial charge on any atom is 0.228 e. The van der Waals surface area contributed by atoms with Crippen LogP contribution in [-0.2, 0) is 21.2 Å². The Labute approximate surface area is 194 Å². The van der Waals surface area contributed by atoms with Gasteiger partial charge in [-0.15, -0.1) is 0 Å². The molecule has 3 aliphatic heterocycles. The number of nitrogens with two attached hydrogens (primary N) is 1. The highest BCUT2D eigenvalue weighted by atomic mass is 32.2. The van der Waals surface area contributed by atoms with Crippen molar-refractivity contribution in [2.24, 2.45) is 0 Å². The molecule has 1 atom stereocenters. The van der Waals surface area contributed by atoms with E-state index in [-0.39, 0.29) is 23.3 Å². The summed E-state index contributed by atoms with van der Waals surface area (Å²) in [6.07, 6.45) is 4.16. The third-order valence-corrected chi connectivity index (χ3v) is 8.60. The molecule has 0 bridgehead atoms. The van der Waals surface area contributed by atoms with E-state index in [0.717, 1.165) is 35.6 Å². The van der Waals surface area contributed by atoms with E-state index in [0.29, 0.717) is 38.8 Å². The minimum Gasteiger partial charge on any atom is -0.377 e. The highest BCUT2D eigenvalue weighted by Crippen LogP contribution is 2.42. The Morgan fingerprint density at radius 3 is 2.61 bits per heavy atom. The lowest BCUT2D eigenvalue weighted by atomic mass is 9.93. The fraction of sp³-hybridized carbons (Fsp3) is 0.619. The Hall–Kier alpha value is -2.57. The van der Waals surface area contributed by atoms with Gasteiger partial charge in [0.15, 0.2) is 0 Å². The van der Waals surface area contributed by atoms with E-state index in [9.17, 15) is 8.42 Å². The van der Waals surface area contributed by atoms with Crippen molar-refractivity contribution in [1.82, 2.24) is 24.2 Å². The molecule has 178 valence electrons. The van der Waals surface area contributed by atoms with Gasteiger partial charge in [-0.1, -0.05) is 0 Å². The number of hydrogen-bond acceptors (Lipinski definition) is 10. The van der Waals surface area contributed by atoms with Crippen molar-refractivity contribution in [3.8, 4) is 11.3 Å².